The molecule has 0 saturated heterocycles. The highest BCUT2D eigenvalue weighted by atomic mass is 16.3. The number of nitrogens with one attached hydrogen (secondary N) is 1. The summed E-state index contributed by atoms with van der Waals surface area (Å²) in [6.45, 7) is 0.783. The molecule has 0 bridgehead atoms. The molecule has 0 spiro atoms. The topological polar surface area (TPSA) is 55.4 Å². The Balaban J connectivity index is 1.70. The average Bonchev–Trinajstić information content (AvgIpc) is 2.99. The summed E-state index contributed by atoms with van der Waals surface area (Å²) in [5.74, 6) is 1.81. The lowest BCUT2D eigenvalue weighted by molar-refractivity contribution is 0.513. The molecule has 3 aromatic heterocycles. The standard InChI is InChI=1S/C12H12N4O/c1-2-10(17-9-1)3-5-13-12-11-4-6-15-16(11)8-7-14-12/h1-2,4,6-9H,3,5H2,(H,13,14). The Labute approximate surface area is 98.1 Å². The van der Waals surface area contributed by atoms with E-state index in [-0.39, 0.29) is 0 Å². The van der Waals surface area contributed by atoms with Crippen molar-refractivity contribution in [2.45, 2.75) is 6.42 Å². The van der Waals surface area contributed by atoms with E-state index in [1.54, 1.807) is 23.2 Å². The van der Waals surface area contributed by atoms with Crippen molar-refractivity contribution >= 4 is 11.3 Å². The minimum atomic E-state index is 0.783. The van der Waals surface area contributed by atoms with Crippen LogP contribution in [0.5, 0.6) is 0 Å². The number of hydrogen-bond donors (Lipinski definition) is 1. The molecular weight excluding hydrogens is 216 g/mol. The fraction of sp³-hybridized carbons (Fsp3) is 0.167. The molecule has 0 aromatic carbocycles. The van der Waals surface area contributed by atoms with Gasteiger partial charge in [-0.15, -0.1) is 0 Å². The van der Waals surface area contributed by atoms with Crippen LogP contribution >= 0.6 is 0 Å². The van der Waals surface area contributed by atoms with E-state index in [2.05, 4.69) is 15.4 Å². The summed E-state index contributed by atoms with van der Waals surface area (Å²) in [6.07, 6.45) is 7.84. The maximum Gasteiger partial charge on any atom is 0.152 e. The lowest BCUT2D eigenvalue weighted by Crippen LogP contribution is -2.07. The van der Waals surface area contributed by atoms with Crippen LogP contribution in [0.4, 0.5) is 5.82 Å². The molecule has 0 unspecified atom stereocenters. The minimum Gasteiger partial charge on any atom is -0.469 e. The molecular formula is C12H12N4O. The maximum absolute atomic E-state index is 5.27. The van der Waals surface area contributed by atoms with E-state index in [0.29, 0.717) is 0 Å². The summed E-state index contributed by atoms with van der Waals surface area (Å²) < 4.78 is 7.06. The molecule has 5 heteroatoms. The van der Waals surface area contributed by atoms with E-state index in [4.69, 9.17) is 4.42 Å². The Bertz CT molecular complexity index is 600. The van der Waals surface area contributed by atoms with Crippen LogP contribution in [0.25, 0.3) is 5.52 Å². The van der Waals surface area contributed by atoms with Crippen LogP contribution in [-0.4, -0.2) is 21.1 Å². The zero-order chi connectivity index (χ0) is 11.5. The first-order chi connectivity index (χ1) is 8.43. The molecule has 0 amide bonds. The molecule has 1 N–H and O–H groups in total. The van der Waals surface area contributed by atoms with Gasteiger partial charge in [-0.05, 0) is 18.2 Å². The van der Waals surface area contributed by atoms with Gasteiger partial charge in [0.15, 0.2) is 5.82 Å². The Hall–Kier alpha value is -2.30. The van der Waals surface area contributed by atoms with Gasteiger partial charge >= 0.3 is 0 Å². The van der Waals surface area contributed by atoms with Gasteiger partial charge in [0.2, 0.25) is 0 Å². The highest BCUT2D eigenvalue weighted by Crippen LogP contribution is 2.12. The van der Waals surface area contributed by atoms with Crippen molar-refractivity contribution in [2.24, 2.45) is 0 Å². The Kier molecular flexibility index (Phi) is 2.50. The van der Waals surface area contributed by atoms with Gasteiger partial charge < -0.3 is 9.73 Å². The van der Waals surface area contributed by atoms with Gasteiger partial charge in [-0.1, -0.05) is 0 Å². The number of anilines is 1. The zero-order valence-corrected chi connectivity index (χ0v) is 9.21. The monoisotopic (exact) mass is 228 g/mol. The van der Waals surface area contributed by atoms with E-state index in [1.165, 1.54) is 0 Å². The van der Waals surface area contributed by atoms with Crippen LogP contribution in [0.15, 0.2) is 47.5 Å². The van der Waals surface area contributed by atoms with E-state index < -0.39 is 0 Å². The summed E-state index contributed by atoms with van der Waals surface area (Å²) >= 11 is 0. The summed E-state index contributed by atoms with van der Waals surface area (Å²) in [7, 11) is 0. The number of rotatable bonds is 4. The predicted molar refractivity (Wildman–Crippen MR) is 63.9 cm³/mol. The second-order valence-electron chi connectivity index (χ2n) is 3.69. The lowest BCUT2D eigenvalue weighted by Gasteiger charge is -2.05. The predicted octanol–water partition coefficient (Wildman–Crippen LogP) is 1.98. The molecule has 3 aromatic rings. The van der Waals surface area contributed by atoms with Gasteiger partial charge in [-0.2, -0.15) is 5.10 Å². The number of aromatic nitrogens is 3. The lowest BCUT2D eigenvalue weighted by atomic mass is 10.3. The third-order valence-corrected chi connectivity index (χ3v) is 2.57. The van der Waals surface area contributed by atoms with Gasteiger partial charge in [0.1, 0.15) is 11.3 Å². The first-order valence-electron chi connectivity index (χ1n) is 5.48. The van der Waals surface area contributed by atoms with Crippen molar-refractivity contribution in [1.82, 2.24) is 14.6 Å². The zero-order valence-electron chi connectivity index (χ0n) is 9.21. The fourth-order valence-corrected chi connectivity index (χ4v) is 1.75. The van der Waals surface area contributed by atoms with E-state index in [9.17, 15) is 0 Å². The van der Waals surface area contributed by atoms with Gasteiger partial charge in [0.05, 0.1) is 12.5 Å². The number of hydrogen-bond acceptors (Lipinski definition) is 4. The second kappa shape index (κ2) is 4.29. The van der Waals surface area contributed by atoms with Crippen LogP contribution in [0.1, 0.15) is 5.76 Å². The number of furan rings is 1. The third kappa shape index (κ3) is 1.99. The van der Waals surface area contributed by atoms with Gasteiger partial charge in [-0.25, -0.2) is 9.50 Å². The normalized spacial score (nSPS) is 10.8. The van der Waals surface area contributed by atoms with Crippen LogP contribution in [0, 0.1) is 0 Å². The van der Waals surface area contributed by atoms with Crippen molar-refractivity contribution in [2.75, 3.05) is 11.9 Å². The van der Waals surface area contributed by atoms with Crippen LogP contribution in [0.3, 0.4) is 0 Å². The summed E-state index contributed by atoms with van der Waals surface area (Å²) in [5, 5.41) is 7.44. The Morgan fingerprint density at radius 3 is 3.18 bits per heavy atom. The molecule has 0 saturated carbocycles. The summed E-state index contributed by atoms with van der Waals surface area (Å²) in [6, 6.07) is 5.79. The van der Waals surface area contributed by atoms with Crippen LogP contribution in [0.2, 0.25) is 0 Å². The van der Waals surface area contributed by atoms with E-state index in [0.717, 1.165) is 30.1 Å². The Morgan fingerprint density at radius 1 is 1.29 bits per heavy atom. The summed E-state index contributed by atoms with van der Waals surface area (Å²) in [4.78, 5) is 4.30. The molecule has 0 radical (unpaired) electrons. The minimum absolute atomic E-state index is 0.783. The van der Waals surface area contributed by atoms with Crippen LogP contribution < -0.4 is 5.32 Å². The molecule has 5 nitrogen and oxygen atoms in total. The molecule has 0 aliphatic heterocycles. The smallest absolute Gasteiger partial charge is 0.152 e. The van der Waals surface area contributed by atoms with Crippen molar-refractivity contribution < 1.29 is 4.42 Å². The van der Waals surface area contributed by atoms with Gasteiger partial charge in [-0.3, -0.25) is 0 Å². The highest BCUT2D eigenvalue weighted by Gasteiger charge is 2.02. The van der Waals surface area contributed by atoms with Crippen molar-refractivity contribution in [3.8, 4) is 0 Å². The molecule has 0 fully saturated rings. The van der Waals surface area contributed by atoms with Crippen LogP contribution in [-0.2, 0) is 6.42 Å². The maximum atomic E-state index is 5.27. The summed E-state index contributed by atoms with van der Waals surface area (Å²) in [5.41, 5.74) is 0.979. The van der Waals surface area contributed by atoms with E-state index >= 15 is 0 Å². The highest BCUT2D eigenvalue weighted by molar-refractivity contribution is 5.66. The average molecular weight is 228 g/mol. The molecule has 0 aliphatic carbocycles. The van der Waals surface area contributed by atoms with Gasteiger partial charge in [0.25, 0.3) is 0 Å². The molecule has 0 atom stereocenters. The number of fused-ring (bicyclic) bond motifs is 1. The van der Waals surface area contributed by atoms with Crippen molar-refractivity contribution in [1.29, 1.82) is 0 Å². The molecule has 0 aliphatic rings. The Morgan fingerprint density at radius 2 is 2.29 bits per heavy atom. The second-order valence-corrected chi connectivity index (χ2v) is 3.69. The first-order valence-corrected chi connectivity index (χ1v) is 5.48. The molecule has 3 rings (SSSR count). The van der Waals surface area contributed by atoms with Crippen molar-refractivity contribution in [3.63, 3.8) is 0 Å². The largest absolute Gasteiger partial charge is 0.469 e. The molecule has 86 valence electrons. The SMILES string of the molecule is c1coc(CCNc2nccn3nccc23)c1. The molecule has 3 heterocycles. The quantitative estimate of drug-likeness (QED) is 0.741. The third-order valence-electron chi connectivity index (χ3n) is 2.57. The molecule has 17 heavy (non-hydrogen) atoms. The van der Waals surface area contributed by atoms with Gasteiger partial charge in [0, 0.05) is 25.4 Å². The van der Waals surface area contributed by atoms with E-state index in [1.807, 2.05) is 24.4 Å². The first kappa shape index (κ1) is 9.89. The number of nitrogens with zero attached hydrogens (tertiary/aromatic N) is 3. The fourth-order valence-electron chi connectivity index (χ4n) is 1.75. The van der Waals surface area contributed by atoms with Crippen molar-refractivity contribution in [3.05, 3.63) is 48.8 Å².